The molecule has 0 fully saturated rings. The summed E-state index contributed by atoms with van der Waals surface area (Å²) in [5.41, 5.74) is 3.33. The Bertz CT molecular complexity index is 906. The van der Waals surface area contributed by atoms with E-state index in [4.69, 9.17) is 33.8 Å². The summed E-state index contributed by atoms with van der Waals surface area (Å²) in [7, 11) is 0. The molecule has 0 aliphatic carbocycles. The number of nitrogens with two attached hydrogens (primary N) is 1. The van der Waals surface area contributed by atoms with Crippen LogP contribution in [0.3, 0.4) is 0 Å². The first kappa shape index (κ1) is 16.3. The van der Waals surface area contributed by atoms with Crippen LogP contribution in [-0.2, 0) is 0 Å². The molecule has 0 unspecified atom stereocenters. The molecule has 2 aromatic carbocycles. The smallest absolute Gasteiger partial charge is 0.271 e. The molecule has 0 aliphatic rings. The second kappa shape index (κ2) is 6.92. The summed E-state index contributed by atoms with van der Waals surface area (Å²) in [4.78, 5) is 12.0. The van der Waals surface area contributed by atoms with E-state index in [1.165, 1.54) is 16.8 Å². The highest BCUT2D eigenvalue weighted by Gasteiger charge is 2.12. The molecule has 0 atom stereocenters. The van der Waals surface area contributed by atoms with E-state index in [0.29, 0.717) is 11.4 Å². The molecular weight excluding hydrogens is 351 g/mol. The summed E-state index contributed by atoms with van der Waals surface area (Å²) >= 11 is 12.3. The number of benzene rings is 2. The lowest BCUT2D eigenvalue weighted by Crippen LogP contribution is -2.20. The van der Waals surface area contributed by atoms with E-state index in [0.717, 1.165) is 0 Å². The maximum Gasteiger partial charge on any atom is 0.271 e. The number of hydrazine groups is 1. The maximum atomic E-state index is 12.0. The molecule has 122 valence electrons. The topological polar surface area (TPSA) is 82.2 Å². The monoisotopic (exact) mass is 362 g/mol. The molecule has 0 spiro atoms. The molecule has 0 saturated carbocycles. The van der Waals surface area contributed by atoms with E-state index in [1.807, 2.05) is 18.2 Å². The van der Waals surface area contributed by atoms with Crippen LogP contribution in [0.1, 0.15) is 0 Å². The Hall–Kier alpha value is -2.54. The second-order valence-corrected chi connectivity index (χ2v) is 5.59. The van der Waals surface area contributed by atoms with E-state index < -0.39 is 0 Å². The Kier molecular flexibility index (Phi) is 4.71. The van der Waals surface area contributed by atoms with Gasteiger partial charge in [0, 0.05) is 12.1 Å². The number of ether oxygens (including phenoxy) is 1. The molecule has 0 bridgehead atoms. The van der Waals surface area contributed by atoms with E-state index >= 15 is 0 Å². The van der Waals surface area contributed by atoms with Crippen molar-refractivity contribution in [3.8, 4) is 17.3 Å². The van der Waals surface area contributed by atoms with Crippen molar-refractivity contribution in [3.05, 3.63) is 75.0 Å². The SMILES string of the molecule is NNc1cc(Cl)c(Oc2ccc(=O)n(-c3ccccc3)n2)c(Cl)c1. The highest BCUT2D eigenvalue weighted by Crippen LogP contribution is 2.38. The first-order valence-electron chi connectivity index (χ1n) is 6.88. The standard InChI is InChI=1S/C16H12Cl2N4O2/c17-12-8-10(20-19)9-13(18)16(12)24-14-6-7-15(23)22(21-14)11-4-2-1-3-5-11/h1-9,20H,19H2. The summed E-state index contributed by atoms with van der Waals surface area (Å²) in [6.07, 6.45) is 0. The normalized spacial score (nSPS) is 10.5. The molecule has 0 aliphatic heterocycles. The average molecular weight is 363 g/mol. The fourth-order valence-corrected chi connectivity index (χ4v) is 2.61. The van der Waals surface area contributed by atoms with Crippen LogP contribution in [0, 0.1) is 0 Å². The molecule has 24 heavy (non-hydrogen) atoms. The minimum absolute atomic E-state index is 0.177. The number of halogens is 2. The summed E-state index contributed by atoms with van der Waals surface area (Å²) < 4.78 is 6.88. The van der Waals surface area contributed by atoms with Gasteiger partial charge in [-0.25, -0.2) is 0 Å². The predicted molar refractivity (Wildman–Crippen MR) is 94.2 cm³/mol. The van der Waals surface area contributed by atoms with Gasteiger partial charge in [-0.05, 0) is 24.3 Å². The van der Waals surface area contributed by atoms with Crippen LogP contribution < -0.4 is 21.6 Å². The minimum atomic E-state index is -0.284. The van der Waals surface area contributed by atoms with Gasteiger partial charge in [0.2, 0.25) is 5.88 Å². The molecule has 0 saturated heterocycles. The lowest BCUT2D eigenvalue weighted by molar-refractivity contribution is 0.447. The summed E-state index contributed by atoms with van der Waals surface area (Å²) in [5, 5.41) is 4.70. The third-order valence-electron chi connectivity index (χ3n) is 3.15. The van der Waals surface area contributed by atoms with Crippen molar-refractivity contribution in [1.82, 2.24) is 9.78 Å². The lowest BCUT2D eigenvalue weighted by Gasteiger charge is -2.12. The summed E-state index contributed by atoms with van der Waals surface area (Å²) in [5.74, 6) is 5.73. The van der Waals surface area contributed by atoms with Crippen LogP contribution in [0.4, 0.5) is 5.69 Å². The molecule has 8 heteroatoms. The van der Waals surface area contributed by atoms with Crippen molar-refractivity contribution in [1.29, 1.82) is 0 Å². The maximum absolute atomic E-state index is 12.0. The average Bonchev–Trinajstić information content (AvgIpc) is 2.60. The molecule has 3 rings (SSSR count). The number of nitrogens with one attached hydrogen (secondary N) is 1. The van der Waals surface area contributed by atoms with Crippen LogP contribution >= 0.6 is 23.2 Å². The van der Waals surface area contributed by atoms with Crippen molar-refractivity contribution in [2.24, 2.45) is 5.84 Å². The Morgan fingerprint density at radius 3 is 2.33 bits per heavy atom. The largest absolute Gasteiger partial charge is 0.434 e. The third-order valence-corrected chi connectivity index (χ3v) is 3.71. The lowest BCUT2D eigenvalue weighted by atomic mass is 10.3. The molecule has 3 N–H and O–H groups in total. The molecular formula is C16H12Cl2N4O2. The van der Waals surface area contributed by atoms with Gasteiger partial charge in [-0.3, -0.25) is 10.6 Å². The van der Waals surface area contributed by atoms with Crippen molar-refractivity contribution in [3.63, 3.8) is 0 Å². The van der Waals surface area contributed by atoms with Crippen molar-refractivity contribution in [2.75, 3.05) is 5.43 Å². The highest BCUT2D eigenvalue weighted by molar-refractivity contribution is 6.37. The number of nitrogens with zero attached hydrogens (tertiary/aromatic N) is 2. The summed E-state index contributed by atoms with van der Waals surface area (Å²) in [6.45, 7) is 0. The molecule has 1 aromatic heterocycles. The number of hydrogen-bond acceptors (Lipinski definition) is 5. The van der Waals surface area contributed by atoms with Gasteiger partial charge in [-0.15, -0.1) is 5.10 Å². The number of hydrogen-bond donors (Lipinski definition) is 2. The predicted octanol–water partition coefficient (Wildman–Crippen LogP) is 3.62. The van der Waals surface area contributed by atoms with Gasteiger partial charge >= 0.3 is 0 Å². The number of rotatable bonds is 4. The fraction of sp³-hybridized carbons (Fsp3) is 0. The summed E-state index contributed by atoms with van der Waals surface area (Å²) in [6, 6.07) is 14.9. The zero-order chi connectivity index (χ0) is 17.1. The van der Waals surface area contributed by atoms with Gasteiger partial charge in [-0.1, -0.05) is 41.4 Å². The molecule has 0 amide bonds. The number of aromatic nitrogens is 2. The van der Waals surface area contributed by atoms with Gasteiger partial charge in [0.25, 0.3) is 5.56 Å². The molecule has 1 heterocycles. The quantitative estimate of drug-likeness (QED) is 0.547. The van der Waals surface area contributed by atoms with Gasteiger partial charge in [0.15, 0.2) is 5.75 Å². The number of anilines is 1. The van der Waals surface area contributed by atoms with Crippen LogP contribution in [-0.4, -0.2) is 9.78 Å². The fourth-order valence-electron chi connectivity index (χ4n) is 2.05. The Morgan fingerprint density at radius 2 is 1.71 bits per heavy atom. The minimum Gasteiger partial charge on any atom is -0.434 e. The van der Waals surface area contributed by atoms with Crippen LogP contribution in [0.15, 0.2) is 59.4 Å². The van der Waals surface area contributed by atoms with Crippen molar-refractivity contribution < 1.29 is 4.74 Å². The Balaban J connectivity index is 1.99. The van der Waals surface area contributed by atoms with Gasteiger partial charge in [0.1, 0.15) is 0 Å². The van der Waals surface area contributed by atoms with Crippen molar-refractivity contribution >= 4 is 28.9 Å². The highest BCUT2D eigenvalue weighted by atomic mass is 35.5. The van der Waals surface area contributed by atoms with Crippen molar-refractivity contribution in [2.45, 2.75) is 0 Å². The Labute approximate surface area is 147 Å². The van der Waals surface area contributed by atoms with Gasteiger partial charge in [-0.2, -0.15) is 4.68 Å². The van der Waals surface area contributed by atoms with E-state index in [2.05, 4.69) is 10.5 Å². The molecule has 3 aromatic rings. The van der Waals surface area contributed by atoms with Crippen LogP contribution in [0.5, 0.6) is 11.6 Å². The van der Waals surface area contributed by atoms with Crippen LogP contribution in [0.25, 0.3) is 5.69 Å². The Morgan fingerprint density at radius 1 is 1.04 bits per heavy atom. The second-order valence-electron chi connectivity index (χ2n) is 4.77. The zero-order valence-corrected chi connectivity index (χ0v) is 13.8. The number of para-hydroxylation sites is 1. The van der Waals surface area contributed by atoms with Crippen LogP contribution in [0.2, 0.25) is 10.0 Å². The van der Waals surface area contributed by atoms with E-state index in [9.17, 15) is 4.79 Å². The molecule has 0 radical (unpaired) electrons. The number of nitrogen functional groups attached to an aromatic ring is 1. The first-order chi connectivity index (χ1) is 11.6. The van der Waals surface area contributed by atoms with Gasteiger partial charge < -0.3 is 10.2 Å². The van der Waals surface area contributed by atoms with E-state index in [1.54, 1.807) is 24.3 Å². The van der Waals surface area contributed by atoms with E-state index in [-0.39, 0.29) is 27.2 Å². The van der Waals surface area contributed by atoms with Gasteiger partial charge in [0.05, 0.1) is 21.4 Å². The molecule has 6 nitrogen and oxygen atoms in total. The first-order valence-corrected chi connectivity index (χ1v) is 7.63. The zero-order valence-electron chi connectivity index (χ0n) is 12.2. The third kappa shape index (κ3) is 3.35.